The van der Waals surface area contributed by atoms with E-state index in [2.05, 4.69) is 73.7 Å². The van der Waals surface area contributed by atoms with Crippen LogP contribution in [0, 0.1) is 6.92 Å². The van der Waals surface area contributed by atoms with Crippen molar-refractivity contribution in [1.29, 1.82) is 0 Å². The molecule has 37 heavy (non-hydrogen) atoms. The summed E-state index contributed by atoms with van der Waals surface area (Å²) >= 11 is 5.76. The zero-order valence-electron chi connectivity index (χ0n) is 21.0. The van der Waals surface area contributed by atoms with Crippen LogP contribution in [-0.4, -0.2) is 29.5 Å². The van der Waals surface area contributed by atoms with Crippen LogP contribution in [0.2, 0.25) is 5.15 Å². The van der Waals surface area contributed by atoms with E-state index in [1.54, 1.807) is 24.8 Å². The highest BCUT2D eigenvalue weighted by Gasteiger charge is 2.08. The molecule has 0 aliphatic rings. The smallest absolute Gasteiger partial charge is 0.159 e. The molecule has 5 rings (SSSR count). The van der Waals surface area contributed by atoms with Gasteiger partial charge in [0.2, 0.25) is 0 Å². The largest absolute Gasteiger partial charge is 0.362 e. The quantitative estimate of drug-likeness (QED) is 0.259. The summed E-state index contributed by atoms with van der Waals surface area (Å²) in [5.74, 6) is 3.08. The highest BCUT2D eigenvalue weighted by atomic mass is 35.5. The van der Waals surface area contributed by atoms with Gasteiger partial charge in [-0.1, -0.05) is 72.3 Å². The molecule has 3 aromatic heterocycles. The zero-order valence-corrected chi connectivity index (χ0v) is 21.7. The lowest BCUT2D eigenvalue weighted by Crippen LogP contribution is -2.09. The van der Waals surface area contributed by atoms with E-state index in [0.717, 1.165) is 17.5 Å². The summed E-state index contributed by atoms with van der Waals surface area (Å²) in [4.78, 5) is 21.2. The first-order valence-electron chi connectivity index (χ1n) is 11.9. The summed E-state index contributed by atoms with van der Waals surface area (Å²) in [6.07, 6.45) is 10.3. The summed E-state index contributed by atoms with van der Waals surface area (Å²) < 4.78 is 1.91. The maximum Gasteiger partial charge on any atom is 0.159 e. The Kier molecular flexibility index (Phi) is 8.78. The summed E-state index contributed by atoms with van der Waals surface area (Å²) in [6, 6.07) is 20.8. The second kappa shape index (κ2) is 12.6. The van der Waals surface area contributed by atoms with Crippen molar-refractivity contribution in [3.63, 3.8) is 0 Å². The van der Waals surface area contributed by atoms with Gasteiger partial charge in [0.1, 0.15) is 22.6 Å². The standard InChI is InChI=1S/C16H17N5.C12H12ClN3/c1-12(14-6-4-3-5-7-14)19-15-10-17-11-16(20-15)21-9-8-18-13(21)2;1-9(10-5-3-2-4-6-10)15-12-8-14-7-11(13)16-12/h3-12H,1-2H3,(H,19,20);2-9H,1H3,(H,15,16)/t12-;9-/m11/s1. The van der Waals surface area contributed by atoms with E-state index < -0.39 is 0 Å². The minimum absolute atomic E-state index is 0.166. The van der Waals surface area contributed by atoms with Gasteiger partial charge >= 0.3 is 0 Å². The lowest BCUT2D eigenvalue weighted by molar-refractivity contribution is 0.858. The first-order valence-corrected chi connectivity index (χ1v) is 12.3. The average molecular weight is 513 g/mol. The number of benzene rings is 2. The second-order valence-electron chi connectivity index (χ2n) is 8.39. The fourth-order valence-electron chi connectivity index (χ4n) is 3.67. The number of nitrogens with zero attached hydrogens (tertiary/aromatic N) is 6. The predicted molar refractivity (Wildman–Crippen MR) is 148 cm³/mol. The van der Waals surface area contributed by atoms with Crippen molar-refractivity contribution in [3.8, 4) is 5.82 Å². The molecule has 3 heterocycles. The van der Waals surface area contributed by atoms with Gasteiger partial charge in [0.15, 0.2) is 5.82 Å². The van der Waals surface area contributed by atoms with Crippen LogP contribution < -0.4 is 10.6 Å². The van der Waals surface area contributed by atoms with E-state index in [1.165, 1.54) is 17.3 Å². The van der Waals surface area contributed by atoms with Crippen LogP contribution in [0.5, 0.6) is 0 Å². The van der Waals surface area contributed by atoms with E-state index in [0.29, 0.717) is 11.0 Å². The number of hydrogen-bond acceptors (Lipinski definition) is 7. The molecule has 0 aliphatic carbocycles. The summed E-state index contributed by atoms with van der Waals surface area (Å²) in [5, 5.41) is 7.01. The molecular formula is C28H29ClN8. The minimum Gasteiger partial charge on any atom is -0.362 e. The molecule has 5 aromatic rings. The molecule has 2 aromatic carbocycles. The Labute approximate surface area is 221 Å². The van der Waals surface area contributed by atoms with Gasteiger partial charge in [-0.3, -0.25) is 14.5 Å². The van der Waals surface area contributed by atoms with Crippen LogP contribution in [0.25, 0.3) is 5.82 Å². The first-order chi connectivity index (χ1) is 18.0. The van der Waals surface area contributed by atoms with Gasteiger partial charge in [0.25, 0.3) is 0 Å². The van der Waals surface area contributed by atoms with Crippen molar-refractivity contribution in [2.45, 2.75) is 32.9 Å². The third kappa shape index (κ3) is 7.35. The average Bonchev–Trinajstić information content (AvgIpc) is 3.36. The maximum atomic E-state index is 5.76. The van der Waals surface area contributed by atoms with Gasteiger partial charge in [0, 0.05) is 24.5 Å². The molecule has 188 valence electrons. The molecule has 9 heteroatoms. The third-order valence-electron chi connectivity index (χ3n) is 5.63. The van der Waals surface area contributed by atoms with Crippen molar-refractivity contribution in [1.82, 2.24) is 29.5 Å². The number of halogens is 1. The summed E-state index contributed by atoms with van der Waals surface area (Å²) in [6.45, 7) is 6.11. The maximum absolute atomic E-state index is 5.76. The molecule has 0 aliphatic heterocycles. The number of anilines is 2. The molecule has 0 fully saturated rings. The van der Waals surface area contributed by atoms with E-state index in [4.69, 9.17) is 11.6 Å². The monoisotopic (exact) mass is 512 g/mol. The zero-order chi connectivity index (χ0) is 26.0. The fraction of sp³-hybridized carbons (Fsp3) is 0.179. The molecule has 0 bridgehead atoms. The Bertz CT molecular complexity index is 1390. The van der Waals surface area contributed by atoms with Crippen LogP contribution in [-0.2, 0) is 0 Å². The van der Waals surface area contributed by atoms with Crippen molar-refractivity contribution in [2.75, 3.05) is 10.6 Å². The molecular weight excluding hydrogens is 484 g/mol. The number of imidazole rings is 1. The van der Waals surface area contributed by atoms with Gasteiger partial charge in [-0.05, 0) is 31.9 Å². The molecule has 0 radical (unpaired) electrons. The molecule has 0 spiro atoms. The summed E-state index contributed by atoms with van der Waals surface area (Å²) in [7, 11) is 0. The molecule has 2 atom stereocenters. The van der Waals surface area contributed by atoms with Crippen LogP contribution >= 0.6 is 11.6 Å². The second-order valence-corrected chi connectivity index (χ2v) is 8.77. The topological polar surface area (TPSA) is 93.4 Å². The molecule has 8 nitrogen and oxygen atoms in total. The van der Waals surface area contributed by atoms with E-state index in [-0.39, 0.29) is 12.1 Å². The highest BCUT2D eigenvalue weighted by Crippen LogP contribution is 2.19. The third-order valence-corrected chi connectivity index (χ3v) is 5.81. The van der Waals surface area contributed by atoms with E-state index in [1.807, 2.05) is 54.1 Å². The number of aryl methyl sites for hydroxylation is 1. The van der Waals surface area contributed by atoms with E-state index in [9.17, 15) is 0 Å². The highest BCUT2D eigenvalue weighted by molar-refractivity contribution is 6.29. The van der Waals surface area contributed by atoms with Crippen LogP contribution in [0.4, 0.5) is 11.6 Å². The number of rotatable bonds is 7. The molecule has 0 unspecified atom stereocenters. The Hall–Kier alpha value is -4.30. The molecule has 0 saturated heterocycles. The Morgan fingerprint density at radius 2 is 1.27 bits per heavy atom. The molecule has 2 N–H and O–H groups in total. The first kappa shape index (κ1) is 25.8. The van der Waals surface area contributed by atoms with Gasteiger partial charge in [-0.15, -0.1) is 0 Å². The summed E-state index contributed by atoms with van der Waals surface area (Å²) in [5.41, 5.74) is 2.41. The van der Waals surface area contributed by atoms with Crippen LogP contribution in [0.1, 0.15) is 42.9 Å². The van der Waals surface area contributed by atoms with E-state index >= 15 is 0 Å². The van der Waals surface area contributed by atoms with Gasteiger partial charge in [-0.2, -0.15) is 0 Å². The Morgan fingerprint density at radius 3 is 1.78 bits per heavy atom. The van der Waals surface area contributed by atoms with Gasteiger partial charge < -0.3 is 10.6 Å². The van der Waals surface area contributed by atoms with Crippen LogP contribution in [0.15, 0.2) is 97.8 Å². The van der Waals surface area contributed by atoms with Gasteiger partial charge in [-0.25, -0.2) is 15.0 Å². The molecule has 0 amide bonds. The Morgan fingerprint density at radius 1 is 0.730 bits per heavy atom. The number of nitrogens with one attached hydrogen (secondary N) is 2. The predicted octanol–water partition coefficient (Wildman–Crippen LogP) is 6.45. The number of aromatic nitrogens is 6. The Balaban J connectivity index is 0.000000180. The van der Waals surface area contributed by atoms with Crippen molar-refractivity contribution < 1.29 is 0 Å². The minimum atomic E-state index is 0.166. The van der Waals surface area contributed by atoms with Gasteiger partial charge in [0.05, 0.1) is 24.8 Å². The van der Waals surface area contributed by atoms with Crippen LogP contribution in [0.3, 0.4) is 0 Å². The lowest BCUT2D eigenvalue weighted by atomic mass is 10.1. The fourth-order valence-corrected chi connectivity index (χ4v) is 3.81. The lowest BCUT2D eigenvalue weighted by Gasteiger charge is -2.15. The molecule has 0 saturated carbocycles. The normalized spacial score (nSPS) is 12.1. The van der Waals surface area contributed by atoms with Crippen molar-refractivity contribution in [3.05, 3.63) is 120 Å². The SMILES string of the molecule is C[C@@H](Nc1cncc(Cl)n1)c1ccccc1.Cc1nccn1-c1cncc(N[C@H](C)c2ccccc2)n1. The van der Waals surface area contributed by atoms with Crippen molar-refractivity contribution >= 4 is 23.2 Å². The van der Waals surface area contributed by atoms with Crippen molar-refractivity contribution in [2.24, 2.45) is 0 Å². The number of hydrogen-bond donors (Lipinski definition) is 2.